The summed E-state index contributed by atoms with van der Waals surface area (Å²) >= 11 is 0. The molecule has 0 radical (unpaired) electrons. The van der Waals surface area contributed by atoms with Crippen LogP contribution < -0.4 is 10.9 Å². The van der Waals surface area contributed by atoms with E-state index in [4.69, 9.17) is 0 Å². The smallest absolute Gasteiger partial charge is 0.0565 e. The SMILES string of the molecule is CCCNNc1cccc2ccccc12.Cl.Cl. The lowest BCUT2D eigenvalue weighted by atomic mass is 10.1. The number of nitrogens with one attached hydrogen (secondary N) is 2. The number of anilines is 1. The molecule has 2 nitrogen and oxygen atoms in total. The summed E-state index contributed by atoms with van der Waals surface area (Å²) in [5, 5.41) is 2.52. The summed E-state index contributed by atoms with van der Waals surface area (Å²) in [5.74, 6) is 0. The summed E-state index contributed by atoms with van der Waals surface area (Å²) in [6.45, 7) is 3.13. The molecule has 0 aliphatic carbocycles. The predicted molar refractivity (Wildman–Crippen MR) is 80.4 cm³/mol. The molecule has 2 aromatic rings. The van der Waals surface area contributed by atoms with E-state index in [2.05, 4.69) is 60.2 Å². The van der Waals surface area contributed by atoms with Gasteiger partial charge in [-0.05, 0) is 17.9 Å². The first-order valence-electron chi connectivity index (χ1n) is 5.38. The van der Waals surface area contributed by atoms with Gasteiger partial charge >= 0.3 is 0 Å². The standard InChI is InChI=1S/C13H16N2.2ClH/c1-2-10-14-15-13-9-5-7-11-6-3-4-8-12(11)13;;/h3-9,14-15H,2,10H2,1H3;2*1H. The normalized spacial score (nSPS) is 9.24. The highest BCUT2D eigenvalue weighted by molar-refractivity contribution is 5.93. The van der Waals surface area contributed by atoms with E-state index in [9.17, 15) is 0 Å². The Morgan fingerprint density at radius 2 is 1.65 bits per heavy atom. The lowest BCUT2D eigenvalue weighted by molar-refractivity contribution is 0.762. The van der Waals surface area contributed by atoms with E-state index in [0.717, 1.165) is 18.7 Å². The van der Waals surface area contributed by atoms with Crippen molar-refractivity contribution >= 4 is 41.3 Å². The molecule has 2 N–H and O–H groups in total. The van der Waals surface area contributed by atoms with E-state index >= 15 is 0 Å². The maximum absolute atomic E-state index is 3.24. The average molecular weight is 273 g/mol. The Kier molecular flexibility index (Phi) is 7.72. The van der Waals surface area contributed by atoms with Gasteiger partial charge in [-0.25, -0.2) is 5.43 Å². The zero-order chi connectivity index (χ0) is 10.5. The fraction of sp³-hybridized carbons (Fsp3) is 0.231. The van der Waals surface area contributed by atoms with Gasteiger partial charge < -0.3 is 5.43 Å². The van der Waals surface area contributed by atoms with Crippen molar-refractivity contribution in [1.29, 1.82) is 0 Å². The highest BCUT2D eigenvalue weighted by Crippen LogP contribution is 2.21. The topological polar surface area (TPSA) is 24.1 Å². The first-order valence-corrected chi connectivity index (χ1v) is 5.38. The van der Waals surface area contributed by atoms with Crippen LogP contribution in [0.1, 0.15) is 13.3 Å². The van der Waals surface area contributed by atoms with E-state index in [1.165, 1.54) is 10.8 Å². The van der Waals surface area contributed by atoms with Crippen LogP contribution >= 0.6 is 24.8 Å². The fourth-order valence-electron chi connectivity index (χ4n) is 1.62. The Labute approximate surface area is 115 Å². The van der Waals surface area contributed by atoms with Crippen LogP contribution in [0.2, 0.25) is 0 Å². The minimum absolute atomic E-state index is 0. The first kappa shape index (κ1) is 16.0. The van der Waals surface area contributed by atoms with Crippen LogP contribution in [0.5, 0.6) is 0 Å². The maximum Gasteiger partial charge on any atom is 0.0565 e. The van der Waals surface area contributed by atoms with Gasteiger partial charge in [-0.1, -0.05) is 43.3 Å². The van der Waals surface area contributed by atoms with Gasteiger partial charge in [0.25, 0.3) is 0 Å². The van der Waals surface area contributed by atoms with Crippen molar-refractivity contribution in [2.24, 2.45) is 0 Å². The highest BCUT2D eigenvalue weighted by atomic mass is 35.5. The second-order valence-electron chi connectivity index (χ2n) is 3.58. The molecule has 4 heteroatoms. The van der Waals surface area contributed by atoms with Gasteiger partial charge in [-0.15, -0.1) is 24.8 Å². The Morgan fingerprint density at radius 1 is 0.941 bits per heavy atom. The van der Waals surface area contributed by atoms with Crippen LogP contribution in [0.3, 0.4) is 0 Å². The van der Waals surface area contributed by atoms with E-state index in [0.29, 0.717) is 0 Å². The lowest BCUT2D eigenvalue weighted by Crippen LogP contribution is -2.22. The van der Waals surface area contributed by atoms with Gasteiger partial charge in [-0.3, -0.25) is 0 Å². The van der Waals surface area contributed by atoms with Crippen molar-refractivity contribution in [2.45, 2.75) is 13.3 Å². The summed E-state index contributed by atoms with van der Waals surface area (Å²) in [4.78, 5) is 0. The molecule has 2 rings (SSSR count). The molecule has 0 amide bonds. The van der Waals surface area contributed by atoms with Crippen molar-refractivity contribution in [1.82, 2.24) is 5.43 Å². The van der Waals surface area contributed by atoms with Crippen molar-refractivity contribution in [3.8, 4) is 0 Å². The van der Waals surface area contributed by atoms with Gasteiger partial charge in [-0.2, -0.15) is 0 Å². The van der Waals surface area contributed by atoms with E-state index in [-0.39, 0.29) is 24.8 Å². The average Bonchev–Trinajstić information content (AvgIpc) is 2.30. The van der Waals surface area contributed by atoms with Crippen LogP contribution in [0.15, 0.2) is 42.5 Å². The number of fused-ring (bicyclic) bond motifs is 1. The van der Waals surface area contributed by atoms with Gasteiger partial charge in [0.15, 0.2) is 0 Å². The molecular weight excluding hydrogens is 255 g/mol. The number of hydrogen-bond donors (Lipinski definition) is 2. The predicted octanol–water partition coefficient (Wildman–Crippen LogP) is 4.01. The van der Waals surface area contributed by atoms with Gasteiger partial charge in [0.1, 0.15) is 0 Å². The number of hydrazine groups is 1. The Morgan fingerprint density at radius 3 is 2.41 bits per heavy atom. The number of benzene rings is 2. The van der Waals surface area contributed by atoms with E-state index in [1.54, 1.807) is 0 Å². The fourth-order valence-corrected chi connectivity index (χ4v) is 1.62. The number of halogens is 2. The molecule has 0 fully saturated rings. The largest absolute Gasteiger partial charge is 0.321 e. The monoisotopic (exact) mass is 272 g/mol. The summed E-state index contributed by atoms with van der Waals surface area (Å²) < 4.78 is 0. The zero-order valence-electron chi connectivity index (χ0n) is 9.77. The Bertz CT molecular complexity index is 441. The first-order chi connectivity index (χ1) is 7.42. The summed E-state index contributed by atoms with van der Waals surface area (Å²) in [6, 6.07) is 14.7. The third-order valence-corrected chi connectivity index (χ3v) is 2.39. The molecule has 2 aromatic carbocycles. The van der Waals surface area contributed by atoms with Gasteiger partial charge in [0.05, 0.1) is 5.69 Å². The third-order valence-electron chi connectivity index (χ3n) is 2.39. The van der Waals surface area contributed by atoms with Crippen LogP contribution in [-0.2, 0) is 0 Å². The minimum Gasteiger partial charge on any atom is -0.321 e. The summed E-state index contributed by atoms with van der Waals surface area (Å²) in [6.07, 6.45) is 1.12. The Hall–Kier alpha value is -0.960. The molecule has 0 unspecified atom stereocenters. The van der Waals surface area contributed by atoms with E-state index < -0.39 is 0 Å². The summed E-state index contributed by atoms with van der Waals surface area (Å²) in [5.41, 5.74) is 7.57. The molecule has 0 bridgehead atoms. The molecule has 17 heavy (non-hydrogen) atoms. The molecule has 0 atom stereocenters. The molecular formula is C13H18Cl2N2. The van der Waals surface area contributed by atoms with Crippen LogP contribution in [0.25, 0.3) is 10.8 Å². The van der Waals surface area contributed by atoms with Crippen LogP contribution in [0.4, 0.5) is 5.69 Å². The highest BCUT2D eigenvalue weighted by Gasteiger charge is 1.97. The third kappa shape index (κ3) is 4.08. The number of hydrogen-bond acceptors (Lipinski definition) is 2. The molecule has 0 spiro atoms. The second kappa shape index (κ2) is 8.18. The van der Waals surface area contributed by atoms with Crippen molar-refractivity contribution < 1.29 is 0 Å². The molecule has 94 valence electrons. The molecule has 0 aliphatic rings. The zero-order valence-corrected chi connectivity index (χ0v) is 11.4. The Balaban J connectivity index is 0.00000128. The lowest BCUT2D eigenvalue weighted by Gasteiger charge is -2.10. The van der Waals surface area contributed by atoms with Crippen molar-refractivity contribution in [3.05, 3.63) is 42.5 Å². The second-order valence-corrected chi connectivity index (χ2v) is 3.58. The van der Waals surface area contributed by atoms with Crippen LogP contribution in [0, 0.1) is 0 Å². The summed E-state index contributed by atoms with van der Waals surface area (Å²) in [7, 11) is 0. The quantitative estimate of drug-likeness (QED) is 0.649. The van der Waals surface area contributed by atoms with Crippen molar-refractivity contribution in [2.75, 3.05) is 12.0 Å². The minimum atomic E-state index is 0. The molecule has 0 aromatic heterocycles. The maximum atomic E-state index is 3.24. The molecule has 0 heterocycles. The number of rotatable bonds is 4. The van der Waals surface area contributed by atoms with Gasteiger partial charge in [0.2, 0.25) is 0 Å². The van der Waals surface area contributed by atoms with E-state index in [1.807, 2.05) is 0 Å². The van der Waals surface area contributed by atoms with Gasteiger partial charge in [0, 0.05) is 11.9 Å². The van der Waals surface area contributed by atoms with Crippen LogP contribution in [-0.4, -0.2) is 6.54 Å². The molecule has 0 saturated heterocycles. The molecule has 0 saturated carbocycles. The van der Waals surface area contributed by atoms with Crippen molar-refractivity contribution in [3.63, 3.8) is 0 Å². The molecule has 0 aliphatic heterocycles.